The molecule has 0 bridgehead atoms. The first-order chi connectivity index (χ1) is 16.7. The van der Waals surface area contributed by atoms with Crippen LogP contribution in [-0.2, 0) is 18.3 Å². The van der Waals surface area contributed by atoms with Gasteiger partial charge in [-0.1, -0.05) is 30.3 Å². The summed E-state index contributed by atoms with van der Waals surface area (Å²) in [5, 5.41) is 0. The Morgan fingerprint density at radius 3 is 2.11 bits per heavy atom. The number of aromatic nitrogens is 2. The maximum atomic E-state index is 12.9. The van der Waals surface area contributed by atoms with Gasteiger partial charge in [-0.25, -0.2) is 9.59 Å². The second kappa shape index (κ2) is 10.6. The van der Waals surface area contributed by atoms with Crippen molar-refractivity contribution in [3.05, 3.63) is 80.0 Å². The summed E-state index contributed by atoms with van der Waals surface area (Å²) in [5.41, 5.74) is 4.78. The Balaban J connectivity index is 1.90. The molecule has 0 fully saturated rings. The quantitative estimate of drug-likeness (QED) is 0.351. The number of carbonyl (C=O) groups excluding carboxylic acids is 2. The molecular formula is C24H25N3O8. The summed E-state index contributed by atoms with van der Waals surface area (Å²) in [5.74, 6) is -1.37. The van der Waals surface area contributed by atoms with E-state index in [1.807, 2.05) is 6.07 Å². The summed E-state index contributed by atoms with van der Waals surface area (Å²) in [6.45, 7) is -0.748. The zero-order chi connectivity index (χ0) is 25.7. The summed E-state index contributed by atoms with van der Waals surface area (Å²) in [7, 11) is 5.41. The van der Waals surface area contributed by atoms with E-state index in [4.69, 9.17) is 24.7 Å². The molecule has 0 spiro atoms. The van der Waals surface area contributed by atoms with Gasteiger partial charge in [-0.15, -0.1) is 0 Å². The minimum absolute atomic E-state index is 0.0205. The van der Waals surface area contributed by atoms with Gasteiger partial charge in [0.15, 0.2) is 18.1 Å². The number of carbonyl (C=O) groups is 2. The van der Waals surface area contributed by atoms with Gasteiger partial charge in [-0.3, -0.25) is 18.7 Å². The Hall–Kier alpha value is -4.54. The second-order valence-corrected chi connectivity index (χ2v) is 7.39. The highest BCUT2D eigenvalue weighted by Gasteiger charge is 2.24. The number of nitrogen functional groups attached to an aromatic ring is 1. The summed E-state index contributed by atoms with van der Waals surface area (Å²) < 4.78 is 22.6. The molecule has 11 nitrogen and oxygen atoms in total. The summed E-state index contributed by atoms with van der Waals surface area (Å²) in [6, 6.07) is 11.7. The number of benzene rings is 2. The van der Waals surface area contributed by atoms with Crippen LogP contribution in [0, 0.1) is 0 Å². The van der Waals surface area contributed by atoms with E-state index in [2.05, 4.69) is 0 Å². The van der Waals surface area contributed by atoms with Crippen LogP contribution in [0.25, 0.3) is 0 Å². The van der Waals surface area contributed by atoms with Crippen LogP contribution < -0.4 is 31.2 Å². The molecule has 11 heteroatoms. The highest BCUT2D eigenvalue weighted by Crippen LogP contribution is 2.34. The SMILES string of the molecule is COc1cc(OC)c(C(=O)OCC(=O)c2c(N)n(Cc3ccccc3)c(=O)n(C)c2=O)cc1OC. The highest BCUT2D eigenvalue weighted by molar-refractivity contribution is 6.02. The fraction of sp³-hybridized carbons (Fsp3) is 0.250. The van der Waals surface area contributed by atoms with Crippen molar-refractivity contribution < 1.29 is 28.5 Å². The number of nitrogens with two attached hydrogens (primary N) is 1. The zero-order valence-electron chi connectivity index (χ0n) is 19.7. The molecule has 1 aromatic heterocycles. The topological polar surface area (TPSA) is 141 Å². The lowest BCUT2D eigenvalue weighted by atomic mass is 10.1. The molecule has 0 saturated heterocycles. The number of methoxy groups -OCH3 is 3. The third kappa shape index (κ3) is 5.03. The molecule has 0 atom stereocenters. The van der Waals surface area contributed by atoms with Crippen LogP contribution in [0.4, 0.5) is 5.82 Å². The number of hydrogen-bond donors (Lipinski definition) is 1. The van der Waals surface area contributed by atoms with Crippen molar-refractivity contribution in [1.29, 1.82) is 0 Å². The van der Waals surface area contributed by atoms with Gasteiger partial charge in [0.1, 0.15) is 22.7 Å². The van der Waals surface area contributed by atoms with Crippen LogP contribution in [-0.4, -0.2) is 48.8 Å². The monoisotopic (exact) mass is 483 g/mol. The summed E-state index contributed by atoms with van der Waals surface area (Å²) in [6.07, 6.45) is 0. The van der Waals surface area contributed by atoms with Gasteiger partial charge >= 0.3 is 11.7 Å². The van der Waals surface area contributed by atoms with Gasteiger partial charge in [0.05, 0.1) is 27.9 Å². The fourth-order valence-electron chi connectivity index (χ4n) is 3.43. The second-order valence-electron chi connectivity index (χ2n) is 7.39. The first-order valence-corrected chi connectivity index (χ1v) is 10.4. The molecule has 0 aliphatic rings. The van der Waals surface area contributed by atoms with Crippen molar-refractivity contribution in [3.8, 4) is 17.2 Å². The molecule has 0 aliphatic heterocycles. The number of nitrogens with zero attached hydrogens (tertiary/aromatic N) is 2. The lowest BCUT2D eigenvalue weighted by Gasteiger charge is -2.15. The van der Waals surface area contributed by atoms with Crippen LogP contribution in [0.3, 0.4) is 0 Å². The minimum atomic E-state index is -0.899. The van der Waals surface area contributed by atoms with Gasteiger partial charge in [-0.05, 0) is 5.56 Å². The maximum Gasteiger partial charge on any atom is 0.342 e. The van der Waals surface area contributed by atoms with Crippen LogP contribution in [0.5, 0.6) is 17.2 Å². The number of anilines is 1. The Labute approximate surface area is 200 Å². The molecule has 0 unspecified atom stereocenters. The van der Waals surface area contributed by atoms with Crippen molar-refractivity contribution >= 4 is 17.6 Å². The Bertz CT molecular complexity index is 1380. The molecule has 3 aromatic rings. The van der Waals surface area contributed by atoms with E-state index in [9.17, 15) is 19.2 Å². The molecule has 0 aliphatic carbocycles. The third-order valence-electron chi connectivity index (χ3n) is 5.31. The van der Waals surface area contributed by atoms with Crippen molar-refractivity contribution in [2.75, 3.05) is 33.7 Å². The van der Waals surface area contributed by atoms with Gasteiger partial charge in [0.2, 0.25) is 5.78 Å². The average Bonchev–Trinajstić information content (AvgIpc) is 2.88. The van der Waals surface area contributed by atoms with Gasteiger partial charge < -0.3 is 24.7 Å². The van der Waals surface area contributed by atoms with Gasteiger partial charge in [-0.2, -0.15) is 0 Å². The van der Waals surface area contributed by atoms with Crippen molar-refractivity contribution in [1.82, 2.24) is 9.13 Å². The van der Waals surface area contributed by atoms with Gasteiger partial charge in [0.25, 0.3) is 5.56 Å². The van der Waals surface area contributed by atoms with E-state index in [1.165, 1.54) is 40.5 Å². The smallest absolute Gasteiger partial charge is 0.342 e. The number of hydrogen-bond acceptors (Lipinski definition) is 9. The summed E-state index contributed by atoms with van der Waals surface area (Å²) in [4.78, 5) is 50.9. The van der Waals surface area contributed by atoms with Crippen LogP contribution >= 0.6 is 0 Å². The van der Waals surface area contributed by atoms with E-state index < -0.39 is 35.2 Å². The Morgan fingerprint density at radius 1 is 0.914 bits per heavy atom. The number of ketones is 1. The van der Waals surface area contributed by atoms with E-state index in [-0.39, 0.29) is 29.4 Å². The van der Waals surface area contributed by atoms with E-state index >= 15 is 0 Å². The fourth-order valence-corrected chi connectivity index (χ4v) is 3.43. The molecule has 1 heterocycles. The van der Waals surface area contributed by atoms with E-state index in [0.717, 1.165) is 14.7 Å². The first-order valence-electron chi connectivity index (χ1n) is 10.4. The number of esters is 1. The average molecular weight is 483 g/mol. The van der Waals surface area contributed by atoms with Gasteiger partial charge in [0, 0.05) is 19.2 Å². The standard InChI is InChI=1S/C24H25N3O8/c1-26-22(29)20(21(25)27(24(26)31)12-14-8-6-5-7-9-14)16(28)13-35-23(30)15-10-18(33-3)19(34-4)11-17(15)32-2/h5-11H,12-13,25H2,1-4H3. The molecule has 0 saturated carbocycles. The summed E-state index contributed by atoms with van der Waals surface area (Å²) >= 11 is 0. The number of ether oxygens (including phenoxy) is 4. The molecule has 0 radical (unpaired) electrons. The van der Waals surface area contributed by atoms with E-state index in [1.54, 1.807) is 24.3 Å². The third-order valence-corrected chi connectivity index (χ3v) is 5.31. The highest BCUT2D eigenvalue weighted by atomic mass is 16.5. The Morgan fingerprint density at radius 2 is 1.51 bits per heavy atom. The number of rotatable bonds is 9. The molecule has 35 heavy (non-hydrogen) atoms. The maximum absolute atomic E-state index is 12.9. The predicted molar refractivity (Wildman–Crippen MR) is 127 cm³/mol. The van der Waals surface area contributed by atoms with E-state index in [0.29, 0.717) is 5.75 Å². The zero-order valence-corrected chi connectivity index (χ0v) is 19.7. The molecule has 2 aromatic carbocycles. The predicted octanol–water partition coefficient (Wildman–Crippen LogP) is 1.24. The van der Waals surface area contributed by atoms with Crippen LogP contribution in [0.15, 0.2) is 52.1 Å². The van der Waals surface area contributed by atoms with Crippen molar-refractivity contribution in [2.24, 2.45) is 7.05 Å². The first kappa shape index (κ1) is 25.1. The van der Waals surface area contributed by atoms with Crippen LogP contribution in [0.1, 0.15) is 26.3 Å². The molecular weight excluding hydrogens is 458 g/mol. The lowest BCUT2D eigenvalue weighted by Crippen LogP contribution is -2.43. The molecule has 3 rings (SSSR count). The normalized spacial score (nSPS) is 10.5. The van der Waals surface area contributed by atoms with Crippen molar-refractivity contribution in [2.45, 2.75) is 6.54 Å². The largest absolute Gasteiger partial charge is 0.496 e. The van der Waals surface area contributed by atoms with Crippen LogP contribution in [0.2, 0.25) is 0 Å². The molecule has 184 valence electrons. The molecule has 2 N–H and O–H groups in total. The minimum Gasteiger partial charge on any atom is -0.496 e. The number of Topliss-reactive ketones (excluding diaryl/α,β-unsaturated/α-hetero) is 1. The van der Waals surface area contributed by atoms with Crippen molar-refractivity contribution in [3.63, 3.8) is 0 Å². The Kier molecular flexibility index (Phi) is 7.59. The molecule has 0 amide bonds. The lowest BCUT2D eigenvalue weighted by molar-refractivity contribution is 0.0470.